The summed E-state index contributed by atoms with van der Waals surface area (Å²) in [7, 11) is -3.55. The van der Waals surface area contributed by atoms with E-state index >= 15 is 0 Å². The molecule has 0 aromatic heterocycles. The van der Waals surface area contributed by atoms with Gasteiger partial charge in [-0.25, -0.2) is 17.8 Å². The van der Waals surface area contributed by atoms with Gasteiger partial charge in [0.25, 0.3) is 0 Å². The Morgan fingerprint density at radius 1 is 0.842 bits per heavy atom. The van der Waals surface area contributed by atoms with Gasteiger partial charge in [-0.15, -0.1) is 0 Å². The Morgan fingerprint density at radius 2 is 1.21 bits per heavy atom. The predicted octanol–water partition coefficient (Wildman–Crippen LogP) is 2.50. The Morgan fingerprint density at radius 3 is 1.53 bits per heavy atom. The van der Waals surface area contributed by atoms with Crippen LogP contribution in [0.2, 0.25) is 0 Å². The normalized spacial score (nSPS) is 24.5. The Kier molecular flexibility index (Phi) is 5.09. The second kappa shape index (κ2) is 6.25. The van der Waals surface area contributed by atoms with Crippen molar-refractivity contribution in [2.45, 2.75) is 45.4 Å². The van der Waals surface area contributed by atoms with Crippen molar-refractivity contribution in [3.05, 3.63) is 0 Å². The van der Waals surface area contributed by atoms with E-state index in [0.717, 1.165) is 38.5 Å². The fraction of sp³-hybridized carbons (Fsp3) is 1.00. The molecule has 112 valence electrons. The molecule has 2 aliphatic rings. The quantitative estimate of drug-likeness (QED) is 0.747. The highest BCUT2D eigenvalue weighted by atomic mass is 32.8. The van der Waals surface area contributed by atoms with Crippen LogP contribution in [0.25, 0.3) is 0 Å². The van der Waals surface area contributed by atoms with Crippen LogP contribution in [0.1, 0.15) is 45.4 Å². The number of hydrogen-bond acceptors (Lipinski definition) is 3. The van der Waals surface area contributed by atoms with E-state index in [1.807, 2.05) is 0 Å². The molecule has 19 heavy (non-hydrogen) atoms. The van der Waals surface area contributed by atoms with Crippen LogP contribution in [-0.4, -0.2) is 49.7 Å². The van der Waals surface area contributed by atoms with Gasteiger partial charge >= 0.3 is 6.65 Å². The molecule has 0 aliphatic carbocycles. The maximum absolute atomic E-state index is 13.4. The molecule has 0 bridgehead atoms. The zero-order valence-corrected chi connectivity index (χ0v) is 13.5. The largest absolute Gasteiger partial charge is 0.327 e. The lowest BCUT2D eigenvalue weighted by atomic mass is 10.2. The van der Waals surface area contributed by atoms with Crippen molar-refractivity contribution in [3.8, 4) is 0 Å². The number of piperidine rings is 2. The van der Waals surface area contributed by atoms with E-state index in [9.17, 15) is 13.0 Å². The van der Waals surface area contributed by atoms with Crippen molar-refractivity contribution in [2.24, 2.45) is 0 Å². The first-order chi connectivity index (χ1) is 9.02. The van der Waals surface area contributed by atoms with Gasteiger partial charge in [0.05, 0.1) is 5.75 Å². The average Bonchev–Trinajstić information content (AvgIpc) is 2.48. The standard InChI is InChI=1S/C12H25N2O3PS/c1-2-19(16,17)18(15,13-9-5-3-6-10-13)14-11-7-4-8-12-14/h2-12H2,1H3. The van der Waals surface area contributed by atoms with E-state index in [-0.39, 0.29) is 5.75 Å². The third-order valence-corrected chi connectivity index (χ3v) is 12.1. The molecule has 0 amide bonds. The summed E-state index contributed by atoms with van der Waals surface area (Å²) in [6.07, 6.45) is 6.05. The zero-order chi connectivity index (χ0) is 13.9. The van der Waals surface area contributed by atoms with Gasteiger partial charge in [0, 0.05) is 26.2 Å². The lowest BCUT2D eigenvalue weighted by Crippen LogP contribution is -2.40. The van der Waals surface area contributed by atoms with Gasteiger partial charge in [0.15, 0.2) is 0 Å². The molecular weight excluding hydrogens is 283 g/mol. The van der Waals surface area contributed by atoms with E-state index in [1.165, 1.54) is 0 Å². The van der Waals surface area contributed by atoms with Crippen LogP contribution >= 0.6 is 6.65 Å². The Bertz CT molecular complexity index is 418. The minimum atomic E-state index is -3.55. The SMILES string of the molecule is CCS(=O)(=O)P(=O)(N1CCCCC1)N1CCCCC1. The highest BCUT2D eigenvalue weighted by Crippen LogP contribution is 2.60. The lowest BCUT2D eigenvalue weighted by molar-refractivity contribution is 0.285. The lowest BCUT2D eigenvalue weighted by Gasteiger charge is -2.41. The molecule has 2 aliphatic heterocycles. The monoisotopic (exact) mass is 308 g/mol. The Balaban J connectivity index is 2.34. The topological polar surface area (TPSA) is 57.7 Å². The van der Waals surface area contributed by atoms with E-state index in [4.69, 9.17) is 0 Å². The summed E-state index contributed by atoms with van der Waals surface area (Å²) in [5.74, 6) is -0.0305. The third kappa shape index (κ3) is 2.92. The second-order valence-electron chi connectivity index (χ2n) is 5.39. The summed E-state index contributed by atoms with van der Waals surface area (Å²) in [5, 5.41) is 0. The molecule has 0 radical (unpaired) electrons. The van der Waals surface area contributed by atoms with Gasteiger partial charge in [-0.05, 0) is 25.7 Å². The van der Waals surface area contributed by atoms with Crippen molar-refractivity contribution in [2.75, 3.05) is 31.9 Å². The highest BCUT2D eigenvalue weighted by molar-refractivity contribution is 8.51. The minimum Gasteiger partial charge on any atom is -0.271 e. The predicted molar refractivity (Wildman–Crippen MR) is 77.9 cm³/mol. The molecule has 0 atom stereocenters. The van der Waals surface area contributed by atoms with Crippen molar-refractivity contribution in [1.29, 1.82) is 0 Å². The molecule has 2 heterocycles. The van der Waals surface area contributed by atoms with Crippen molar-refractivity contribution in [1.82, 2.24) is 9.34 Å². The zero-order valence-electron chi connectivity index (χ0n) is 11.8. The van der Waals surface area contributed by atoms with Gasteiger partial charge in [-0.2, -0.15) is 0 Å². The molecule has 2 fully saturated rings. The van der Waals surface area contributed by atoms with Crippen molar-refractivity contribution in [3.63, 3.8) is 0 Å². The second-order valence-corrected chi connectivity index (χ2v) is 12.3. The first kappa shape index (κ1) is 15.5. The number of nitrogens with zero attached hydrogens (tertiary/aromatic N) is 2. The smallest absolute Gasteiger partial charge is 0.271 e. The maximum Gasteiger partial charge on any atom is 0.327 e. The highest BCUT2D eigenvalue weighted by Gasteiger charge is 2.48. The van der Waals surface area contributed by atoms with Gasteiger partial charge in [0.2, 0.25) is 9.46 Å². The molecule has 0 aromatic carbocycles. The van der Waals surface area contributed by atoms with Crippen LogP contribution in [-0.2, 0) is 14.0 Å². The first-order valence-electron chi connectivity index (χ1n) is 7.36. The molecule has 0 aromatic rings. The molecular formula is C12H25N2O3PS. The van der Waals surface area contributed by atoms with Crippen LogP contribution in [0, 0.1) is 0 Å². The van der Waals surface area contributed by atoms with E-state index < -0.39 is 16.1 Å². The third-order valence-electron chi connectivity index (χ3n) is 4.11. The molecule has 2 saturated heterocycles. The molecule has 5 nitrogen and oxygen atoms in total. The van der Waals surface area contributed by atoms with Crippen molar-refractivity contribution >= 4 is 16.1 Å². The summed E-state index contributed by atoms with van der Waals surface area (Å²) >= 11 is 0. The van der Waals surface area contributed by atoms with Crippen LogP contribution in [0.4, 0.5) is 0 Å². The summed E-state index contributed by atoms with van der Waals surface area (Å²) in [5.41, 5.74) is 0. The summed E-state index contributed by atoms with van der Waals surface area (Å²) < 4.78 is 41.9. The van der Waals surface area contributed by atoms with Crippen LogP contribution in [0.15, 0.2) is 0 Å². The molecule has 7 heteroatoms. The van der Waals surface area contributed by atoms with E-state index in [0.29, 0.717) is 26.2 Å². The minimum absolute atomic E-state index is 0.0305. The summed E-state index contributed by atoms with van der Waals surface area (Å²) in [6, 6.07) is 0. The van der Waals surface area contributed by atoms with Gasteiger partial charge < -0.3 is 0 Å². The molecule has 0 saturated carbocycles. The van der Waals surface area contributed by atoms with E-state index in [1.54, 1.807) is 16.3 Å². The first-order valence-corrected chi connectivity index (χ1v) is 11.2. The molecule has 0 N–H and O–H groups in total. The summed E-state index contributed by atoms with van der Waals surface area (Å²) in [4.78, 5) is 0. The number of hydrogen-bond donors (Lipinski definition) is 0. The fourth-order valence-corrected chi connectivity index (χ4v) is 10.0. The van der Waals surface area contributed by atoms with Crippen LogP contribution in [0.3, 0.4) is 0 Å². The van der Waals surface area contributed by atoms with E-state index in [2.05, 4.69) is 0 Å². The van der Waals surface area contributed by atoms with Gasteiger partial charge in [-0.1, -0.05) is 19.8 Å². The fourth-order valence-electron chi connectivity index (χ4n) is 2.96. The molecule has 2 rings (SSSR count). The average molecular weight is 308 g/mol. The van der Waals surface area contributed by atoms with Crippen LogP contribution < -0.4 is 0 Å². The molecule has 0 unspecified atom stereocenters. The number of rotatable bonds is 4. The molecule has 0 spiro atoms. The van der Waals surface area contributed by atoms with Gasteiger partial charge in [0.1, 0.15) is 0 Å². The van der Waals surface area contributed by atoms with Crippen LogP contribution in [0.5, 0.6) is 0 Å². The maximum atomic E-state index is 13.4. The van der Waals surface area contributed by atoms with Crippen molar-refractivity contribution < 1.29 is 13.0 Å². The van der Waals surface area contributed by atoms with Gasteiger partial charge in [-0.3, -0.25) is 4.57 Å². The summed E-state index contributed by atoms with van der Waals surface area (Å²) in [6.45, 7) is 0.812. The Labute approximate surface area is 116 Å². The Hall–Kier alpha value is 0.1000.